The lowest BCUT2D eigenvalue weighted by Crippen LogP contribution is -2.41. The molecule has 0 bridgehead atoms. The second kappa shape index (κ2) is 8.54. The number of aryl methyl sites for hydroxylation is 1. The van der Waals surface area contributed by atoms with E-state index in [2.05, 4.69) is 14.9 Å². The number of pyridine rings is 1. The quantitative estimate of drug-likeness (QED) is 0.823. The molecule has 0 unspecified atom stereocenters. The van der Waals surface area contributed by atoms with Crippen LogP contribution < -0.4 is 5.56 Å². The van der Waals surface area contributed by atoms with E-state index < -0.39 is 0 Å². The van der Waals surface area contributed by atoms with Gasteiger partial charge in [0.15, 0.2) is 0 Å². The van der Waals surface area contributed by atoms with E-state index in [-0.39, 0.29) is 17.5 Å². The Kier molecular flexibility index (Phi) is 5.61. The zero-order valence-corrected chi connectivity index (χ0v) is 18.3. The lowest BCUT2D eigenvalue weighted by molar-refractivity contribution is 0.0731. The van der Waals surface area contributed by atoms with Crippen molar-refractivity contribution < 1.29 is 4.79 Å². The molecule has 1 atom stereocenters. The third-order valence-corrected chi connectivity index (χ3v) is 7.28. The maximum Gasteiger partial charge on any atom is 0.256 e. The lowest BCUT2D eigenvalue weighted by atomic mass is 9.93. The number of H-pyrrole nitrogens is 1. The third kappa shape index (κ3) is 3.91. The molecule has 7 heteroatoms. The average molecular weight is 422 g/mol. The van der Waals surface area contributed by atoms with Gasteiger partial charge in [-0.25, -0.2) is 4.98 Å². The number of fused-ring (bicyclic) bond motifs is 1. The highest BCUT2D eigenvalue weighted by Crippen LogP contribution is 2.36. The zero-order valence-electron chi connectivity index (χ0n) is 18.3. The molecule has 1 N–H and O–H groups in total. The van der Waals surface area contributed by atoms with E-state index in [1.54, 1.807) is 23.4 Å². The first-order valence-electron chi connectivity index (χ1n) is 11.7. The number of hydrogen-bond acceptors (Lipinski definition) is 5. The third-order valence-electron chi connectivity index (χ3n) is 7.28. The molecule has 1 amide bonds. The molecular weight excluding hydrogens is 390 g/mol. The number of rotatable bonds is 3. The molecule has 0 spiro atoms. The van der Waals surface area contributed by atoms with Gasteiger partial charge in [0.1, 0.15) is 5.82 Å². The minimum absolute atomic E-state index is 0.0479. The molecule has 3 aliphatic rings. The number of hydrogen-bond donors (Lipinski definition) is 1. The number of aromatic nitrogens is 3. The normalized spacial score (nSPS) is 22.5. The van der Waals surface area contributed by atoms with Gasteiger partial charge in [0.05, 0.1) is 23.8 Å². The molecule has 1 aliphatic carbocycles. The predicted molar refractivity (Wildman–Crippen MR) is 118 cm³/mol. The van der Waals surface area contributed by atoms with Crippen LogP contribution in [0.4, 0.5) is 0 Å². The van der Waals surface area contributed by atoms with E-state index in [9.17, 15) is 9.59 Å². The van der Waals surface area contributed by atoms with Crippen LogP contribution in [0.5, 0.6) is 0 Å². The maximum absolute atomic E-state index is 13.0. The highest BCUT2D eigenvalue weighted by atomic mass is 16.2. The Balaban J connectivity index is 1.37. The van der Waals surface area contributed by atoms with Crippen LogP contribution in [-0.4, -0.2) is 49.8 Å². The van der Waals surface area contributed by atoms with Crippen LogP contribution in [0.3, 0.4) is 0 Å². The molecule has 2 fully saturated rings. The van der Waals surface area contributed by atoms with Gasteiger partial charge in [-0.15, -0.1) is 0 Å². The van der Waals surface area contributed by atoms with Crippen LogP contribution in [0.15, 0.2) is 23.3 Å². The van der Waals surface area contributed by atoms with Crippen LogP contribution in [0.2, 0.25) is 0 Å². The van der Waals surface area contributed by atoms with Crippen LogP contribution in [0, 0.1) is 6.92 Å². The minimum atomic E-state index is -0.0838. The molecule has 31 heavy (non-hydrogen) atoms. The fourth-order valence-corrected chi connectivity index (χ4v) is 5.59. The number of carbonyl (C=O) groups is 1. The second-order valence-electron chi connectivity index (χ2n) is 9.23. The van der Waals surface area contributed by atoms with Crippen molar-refractivity contribution >= 4 is 5.91 Å². The molecule has 1 saturated heterocycles. The fourth-order valence-electron chi connectivity index (χ4n) is 5.59. The summed E-state index contributed by atoms with van der Waals surface area (Å²) in [5.41, 5.74) is 2.92. The molecule has 0 radical (unpaired) electrons. The molecule has 5 rings (SSSR count). The van der Waals surface area contributed by atoms with Gasteiger partial charge in [-0.3, -0.25) is 19.5 Å². The first-order valence-corrected chi connectivity index (χ1v) is 11.7. The van der Waals surface area contributed by atoms with Gasteiger partial charge in [-0.2, -0.15) is 0 Å². The van der Waals surface area contributed by atoms with Crippen molar-refractivity contribution in [1.29, 1.82) is 0 Å². The van der Waals surface area contributed by atoms with Gasteiger partial charge in [-0.05, 0) is 50.8 Å². The molecular formula is C24H31N5O2. The average Bonchev–Trinajstić information content (AvgIpc) is 3.29. The second-order valence-corrected chi connectivity index (χ2v) is 9.23. The lowest BCUT2D eigenvalue weighted by Gasteiger charge is -2.35. The predicted octanol–water partition coefficient (Wildman–Crippen LogP) is 3.14. The summed E-state index contributed by atoms with van der Waals surface area (Å²) in [7, 11) is 0. The molecule has 0 aromatic carbocycles. The van der Waals surface area contributed by atoms with Crippen molar-refractivity contribution in [3.63, 3.8) is 0 Å². The Bertz CT molecular complexity index is 1030. The van der Waals surface area contributed by atoms with Gasteiger partial charge in [0.2, 0.25) is 0 Å². The van der Waals surface area contributed by atoms with Crippen molar-refractivity contribution in [1.82, 2.24) is 24.8 Å². The Hall–Kier alpha value is -2.54. The maximum atomic E-state index is 13.0. The van der Waals surface area contributed by atoms with Crippen LogP contribution in [0.1, 0.15) is 84.0 Å². The molecule has 7 nitrogen and oxygen atoms in total. The van der Waals surface area contributed by atoms with E-state index in [0.29, 0.717) is 36.7 Å². The van der Waals surface area contributed by atoms with Crippen molar-refractivity contribution in [2.75, 3.05) is 13.1 Å². The largest absolute Gasteiger partial charge is 0.334 e. The number of carbonyl (C=O) groups excluding carboxylic acids is 1. The summed E-state index contributed by atoms with van der Waals surface area (Å²) in [4.78, 5) is 42.5. The summed E-state index contributed by atoms with van der Waals surface area (Å²) in [6.07, 6.45) is 12.7. The van der Waals surface area contributed by atoms with Crippen molar-refractivity contribution in [2.45, 2.75) is 76.9 Å². The fraction of sp³-hybridized carbons (Fsp3) is 0.583. The van der Waals surface area contributed by atoms with Crippen molar-refractivity contribution in [2.24, 2.45) is 0 Å². The Labute approximate surface area is 182 Å². The van der Waals surface area contributed by atoms with E-state index in [1.807, 2.05) is 6.92 Å². The summed E-state index contributed by atoms with van der Waals surface area (Å²) in [6, 6.07) is 2.60. The molecule has 4 heterocycles. The number of amides is 1. The smallest absolute Gasteiger partial charge is 0.256 e. The summed E-state index contributed by atoms with van der Waals surface area (Å²) < 4.78 is 0. The molecule has 2 aromatic rings. The number of aromatic amines is 1. The van der Waals surface area contributed by atoms with Gasteiger partial charge < -0.3 is 9.88 Å². The Morgan fingerprint density at radius 3 is 2.77 bits per heavy atom. The highest BCUT2D eigenvalue weighted by molar-refractivity contribution is 5.95. The van der Waals surface area contributed by atoms with Gasteiger partial charge in [0.25, 0.3) is 11.5 Å². The zero-order chi connectivity index (χ0) is 21.4. The van der Waals surface area contributed by atoms with E-state index in [1.165, 1.54) is 32.1 Å². The van der Waals surface area contributed by atoms with Crippen LogP contribution in [0.25, 0.3) is 0 Å². The van der Waals surface area contributed by atoms with Gasteiger partial charge in [-0.1, -0.05) is 19.3 Å². The van der Waals surface area contributed by atoms with Crippen molar-refractivity contribution in [3.05, 3.63) is 57.0 Å². The summed E-state index contributed by atoms with van der Waals surface area (Å²) in [5.74, 6) is 0.782. The summed E-state index contributed by atoms with van der Waals surface area (Å²) in [5, 5.41) is 0. The number of nitrogens with one attached hydrogen (secondary N) is 1. The highest BCUT2D eigenvalue weighted by Gasteiger charge is 2.35. The van der Waals surface area contributed by atoms with Crippen molar-refractivity contribution in [3.8, 4) is 0 Å². The molecule has 164 valence electrons. The van der Waals surface area contributed by atoms with Gasteiger partial charge >= 0.3 is 0 Å². The Morgan fingerprint density at radius 2 is 1.97 bits per heavy atom. The topological polar surface area (TPSA) is 82.2 Å². The SMILES string of the molecule is Cc1cnccc1C(=O)N1CCc2nc([C@H]3CCCN3C3CCCCC3)[nH]c(=O)c2C1. The Morgan fingerprint density at radius 1 is 1.13 bits per heavy atom. The molecule has 2 aromatic heterocycles. The summed E-state index contributed by atoms with van der Waals surface area (Å²) in [6.45, 7) is 3.89. The van der Waals surface area contributed by atoms with E-state index in [4.69, 9.17) is 4.98 Å². The molecule has 1 saturated carbocycles. The van der Waals surface area contributed by atoms with E-state index in [0.717, 1.165) is 36.5 Å². The van der Waals surface area contributed by atoms with E-state index >= 15 is 0 Å². The van der Waals surface area contributed by atoms with Gasteiger partial charge in [0, 0.05) is 37.0 Å². The number of likely N-dealkylation sites (tertiary alicyclic amines) is 1. The number of nitrogens with zero attached hydrogens (tertiary/aromatic N) is 4. The van der Waals surface area contributed by atoms with Crippen LogP contribution >= 0.6 is 0 Å². The first-order chi connectivity index (χ1) is 15.1. The summed E-state index contributed by atoms with van der Waals surface area (Å²) >= 11 is 0. The van der Waals surface area contributed by atoms with Crippen LogP contribution in [-0.2, 0) is 13.0 Å². The standard InChI is InChI=1S/C24H31N5O2/c1-16-14-25-11-9-18(16)24(31)28-13-10-20-19(15-28)23(30)27-22(26-20)21-8-5-12-29(21)17-6-3-2-4-7-17/h9,11,14,17,21H,2-8,10,12-13,15H2,1H3,(H,26,27,30)/t21-/m1/s1. The monoisotopic (exact) mass is 421 g/mol. The molecule has 2 aliphatic heterocycles. The first kappa shape index (κ1) is 20.4. The minimum Gasteiger partial charge on any atom is -0.334 e.